The highest BCUT2D eigenvalue weighted by atomic mass is 14.9. The first kappa shape index (κ1) is 14.7. The Kier molecular flexibility index (Phi) is 4.85. The van der Waals surface area contributed by atoms with Crippen LogP contribution in [-0.4, -0.2) is 16.5 Å². The molecule has 0 aliphatic heterocycles. The Morgan fingerprint density at radius 3 is 2.35 bits per heavy atom. The number of hydrogen-bond acceptors (Lipinski definition) is 3. The number of rotatable bonds is 5. The van der Waals surface area contributed by atoms with E-state index in [0.29, 0.717) is 6.54 Å². The molecule has 0 atom stereocenters. The zero-order valence-corrected chi connectivity index (χ0v) is 12.6. The van der Waals surface area contributed by atoms with Gasteiger partial charge in [-0.15, -0.1) is 0 Å². The second-order valence-electron chi connectivity index (χ2n) is 5.35. The van der Waals surface area contributed by atoms with Gasteiger partial charge in [-0.05, 0) is 51.3 Å². The molecule has 0 aliphatic carbocycles. The van der Waals surface area contributed by atoms with Crippen molar-refractivity contribution in [1.82, 2.24) is 9.97 Å². The van der Waals surface area contributed by atoms with Gasteiger partial charge in [0.05, 0.1) is 0 Å². The number of nitrogens with two attached hydrogens (primary N) is 1. The molecule has 3 heteroatoms. The lowest BCUT2D eigenvalue weighted by atomic mass is 10.1. The summed E-state index contributed by atoms with van der Waals surface area (Å²) in [4.78, 5) is 9.32. The molecule has 0 radical (unpaired) electrons. The third kappa shape index (κ3) is 3.64. The monoisotopic (exact) mass is 269 g/mol. The van der Waals surface area contributed by atoms with E-state index in [9.17, 15) is 0 Å². The van der Waals surface area contributed by atoms with Crippen molar-refractivity contribution in [2.75, 3.05) is 6.54 Å². The van der Waals surface area contributed by atoms with Gasteiger partial charge in [-0.2, -0.15) is 0 Å². The lowest BCUT2D eigenvalue weighted by Gasteiger charge is -2.10. The van der Waals surface area contributed by atoms with Gasteiger partial charge in [-0.1, -0.05) is 29.8 Å². The number of nitrogens with zero attached hydrogens (tertiary/aromatic N) is 2. The summed E-state index contributed by atoms with van der Waals surface area (Å²) in [5.41, 5.74) is 11.6. The van der Waals surface area contributed by atoms with Crippen LogP contribution in [0.15, 0.2) is 24.3 Å². The van der Waals surface area contributed by atoms with Gasteiger partial charge in [0.1, 0.15) is 5.82 Å². The molecule has 0 bridgehead atoms. The summed E-state index contributed by atoms with van der Waals surface area (Å²) in [7, 11) is 0. The highest BCUT2D eigenvalue weighted by Crippen LogP contribution is 2.15. The van der Waals surface area contributed by atoms with Crippen LogP contribution in [0.5, 0.6) is 0 Å². The van der Waals surface area contributed by atoms with E-state index in [1.165, 1.54) is 16.7 Å². The molecule has 0 spiro atoms. The molecule has 2 aromatic rings. The summed E-state index contributed by atoms with van der Waals surface area (Å²) in [5.74, 6) is 0.905. The van der Waals surface area contributed by atoms with Crippen molar-refractivity contribution in [2.24, 2.45) is 5.73 Å². The van der Waals surface area contributed by atoms with Gasteiger partial charge in [0, 0.05) is 17.8 Å². The molecular weight excluding hydrogens is 246 g/mol. The molecule has 0 fully saturated rings. The summed E-state index contributed by atoms with van der Waals surface area (Å²) >= 11 is 0. The topological polar surface area (TPSA) is 51.8 Å². The normalized spacial score (nSPS) is 10.8. The molecule has 3 nitrogen and oxygen atoms in total. The maximum Gasteiger partial charge on any atom is 0.133 e. The largest absolute Gasteiger partial charge is 0.330 e. The van der Waals surface area contributed by atoms with Crippen LogP contribution in [0.1, 0.15) is 40.3 Å². The predicted molar refractivity (Wildman–Crippen MR) is 82.9 cm³/mol. The van der Waals surface area contributed by atoms with E-state index in [2.05, 4.69) is 55.0 Å². The molecule has 1 aromatic carbocycles. The number of benzene rings is 1. The Hall–Kier alpha value is -1.74. The van der Waals surface area contributed by atoms with Gasteiger partial charge in [0.2, 0.25) is 0 Å². The molecule has 1 aromatic heterocycles. The molecular formula is C17H23N3. The Balaban J connectivity index is 2.21. The van der Waals surface area contributed by atoms with E-state index in [1.807, 2.05) is 0 Å². The third-order valence-corrected chi connectivity index (χ3v) is 3.54. The summed E-state index contributed by atoms with van der Waals surface area (Å²) in [6.45, 7) is 6.96. The van der Waals surface area contributed by atoms with Crippen molar-refractivity contribution in [2.45, 2.75) is 40.0 Å². The molecule has 2 N–H and O–H groups in total. The van der Waals surface area contributed by atoms with Crippen LogP contribution in [-0.2, 0) is 12.8 Å². The summed E-state index contributed by atoms with van der Waals surface area (Å²) in [5, 5.41) is 0. The van der Waals surface area contributed by atoms with E-state index >= 15 is 0 Å². The van der Waals surface area contributed by atoms with Gasteiger partial charge >= 0.3 is 0 Å². The summed E-state index contributed by atoms with van der Waals surface area (Å²) in [6, 6.07) is 8.51. The first-order valence-electron chi connectivity index (χ1n) is 7.18. The van der Waals surface area contributed by atoms with Crippen LogP contribution in [0.25, 0.3) is 0 Å². The average Bonchev–Trinajstić information content (AvgIpc) is 2.38. The minimum Gasteiger partial charge on any atom is -0.330 e. The highest BCUT2D eigenvalue weighted by molar-refractivity contribution is 5.28. The molecule has 0 saturated carbocycles. The van der Waals surface area contributed by atoms with Crippen molar-refractivity contribution in [3.63, 3.8) is 0 Å². The van der Waals surface area contributed by atoms with Gasteiger partial charge in [0.25, 0.3) is 0 Å². The van der Waals surface area contributed by atoms with Gasteiger partial charge < -0.3 is 5.73 Å². The van der Waals surface area contributed by atoms with Crippen molar-refractivity contribution < 1.29 is 0 Å². The first-order valence-corrected chi connectivity index (χ1v) is 7.18. The number of hydrogen-bond donors (Lipinski definition) is 1. The highest BCUT2D eigenvalue weighted by Gasteiger charge is 2.08. The van der Waals surface area contributed by atoms with Gasteiger partial charge in [-0.3, -0.25) is 0 Å². The van der Waals surface area contributed by atoms with Crippen molar-refractivity contribution in [1.29, 1.82) is 0 Å². The van der Waals surface area contributed by atoms with E-state index in [1.54, 1.807) is 0 Å². The SMILES string of the molecule is Cc1cccc(Cc2nc(C)c(CCCN)c(C)n2)c1. The predicted octanol–water partition coefficient (Wildman–Crippen LogP) is 2.88. The van der Waals surface area contributed by atoms with Gasteiger partial charge in [-0.25, -0.2) is 9.97 Å². The van der Waals surface area contributed by atoms with Crippen LogP contribution in [0.2, 0.25) is 0 Å². The second-order valence-corrected chi connectivity index (χ2v) is 5.35. The van der Waals surface area contributed by atoms with Crippen LogP contribution in [0.3, 0.4) is 0 Å². The lowest BCUT2D eigenvalue weighted by Crippen LogP contribution is -2.08. The standard InChI is InChI=1S/C17H23N3/c1-12-6-4-7-15(10-12)11-17-19-13(2)16(8-5-9-18)14(3)20-17/h4,6-7,10H,5,8-9,11,18H2,1-3H3. The van der Waals surface area contributed by atoms with E-state index in [0.717, 1.165) is 36.5 Å². The molecule has 1 heterocycles. The fraction of sp³-hybridized carbons (Fsp3) is 0.412. The molecule has 0 unspecified atom stereocenters. The Morgan fingerprint density at radius 1 is 1.05 bits per heavy atom. The Bertz CT molecular complexity index is 568. The fourth-order valence-corrected chi connectivity index (χ4v) is 2.53. The summed E-state index contributed by atoms with van der Waals surface area (Å²) in [6.07, 6.45) is 2.75. The van der Waals surface area contributed by atoms with Crippen molar-refractivity contribution in [3.05, 3.63) is 58.2 Å². The average molecular weight is 269 g/mol. The zero-order chi connectivity index (χ0) is 14.5. The van der Waals surface area contributed by atoms with E-state index in [-0.39, 0.29) is 0 Å². The van der Waals surface area contributed by atoms with Crippen LogP contribution in [0, 0.1) is 20.8 Å². The van der Waals surface area contributed by atoms with Crippen molar-refractivity contribution >= 4 is 0 Å². The van der Waals surface area contributed by atoms with Crippen LogP contribution >= 0.6 is 0 Å². The molecule has 2 rings (SSSR count). The third-order valence-electron chi connectivity index (χ3n) is 3.54. The molecule has 0 aliphatic rings. The lowest BCUT2D eigenvalue weighted by molar-refractivity contribution is 0.791. The van der Waals surface area contributed by atoms with Crippen molar-refractivity contribution in [3.8, 4) is 0 Å². The van der Waals surface area contributed by atoms with Gasteiger partial charge in [0.15, 0.2) is 0 Å². The molecule has 20 heavy (non-hydrogen) atoms. The Morgan fingerprint density at radius 2 is 1.75 bits per heavy atom. The fourth-order valence-electron chi connectivity index (χ4n) is 2.53. The van der Waals surface area contributed by atoms with E-state index < -0.39 is 0 Å². The quantitative estimate of drug-likeness (QED) is 0.908. The van der Waals surface area contributed by atoms with Crippen LogP contribution < -0.4 is 5.73 Å². The zero-order valence-electron chi connectivity index (χ0n) is 12.6. The number of aromatic nitrogens is 2. The maximum absolute atomic E-state index is 5.58. The second kappa shape index (κ2) is 6.62. The molecule has 0 amide bonds. The molecule has 106 valence electrons. The maximum atomic E-state index is 5.58. The van der Waals surface area contributed by atoms with Crippen LogP contribution in [0.4, 0.5) is 0 Å². The molecule has 0 saturated heterocycles. The minimum absolute atomic E-state index is 0.712. The minimum atomic E-state index is 0.712. The Labute approximate surface area is 121 Å². The smallest absolute Gasteiger partial charge is 0.133 e. The first-order chi connectivity index (χ1) is 9.60. The number of aryl methyl sites for hydroxylation is 3. The summed E-state index contributed by atoms with van der Waals surface area (Å²) < 4.78 is 0. The van der Waals surface area contributed by atoms with E-state index in [4.69, 9.17) is 5.73 Å².